The third-order valence-electron chi connectivity index (χ3n) is 5.68. The molecule has 1 saturated heterocycles. The fraction of sp³-hybridized carbons (Fsp3) is 0.304. The fourth-order valence-corrected chi connectivity index (χ4v) is 3.80. The quantitative estimate of drug-likeness (QED) is 0.600. The maximum atomic E-state index is 13.0. The Morgan fingerprint density at radius 3 is 2.35 bits per heavy atom. The van der Waals surface area contributed by atoms with E-state index in [-0.39, 0.29) is 23.8 Å². The van der Waals surface area contributed by atoms with Gasteiger partial charge in [-0.15, -0.1) is 0 Å². The third-order valence-corrected chi connectivity index (χ3v) is 5.68. The molecule has 34 heavy (non-hydrogen) atoms. The van der Waals surface area contributed by atoms with Crippen molar-refractivity contribution in [2.24, 2.45) is 0 Å². The molecule has 0 unspecified atom stereocenters. The lowest BCUT2D eigenvalue weighted by Crippen LogP contribution is -2.47. The van der Waals surface area contributed by atoms with Crippen molar-refractivity contribution in [3.63, 3.8) is 0 Å². The standard InChI is InChI=1S/C23H23F3N6O2/c1-15-19(14-28-32(15)20-8-7-16(13-27-20)23(24,25)26)21(33)31-11-9-18(10-12-31)30-22(34)29-17-5-3-2-4-6-17/h2-8,13-14,18H,9-12H2,1H3,(H2,29,30,34). The van der Waals surface area contributed by atoms with Gasteiger partial charge in [0.15, 0.2) is 5.82 Å². The Kier molecular flexibility index (Phi) is 6.53. The normalized spacial score (nSPS) is 14.6. The van der Waals surface area contributed by atoms with E-state index in [1.807, 2.05) is 18.2 Å². The van der Waals surface area contributed by atoms with Crippen LogP contribution in [0.15, 0.2) is 54.9 Å². The van der Waals surface area contributed by atoms with Crippen molar-refractivity contribution in [2.45, 2.75) is 32.0 Å². The third kappa shape index (κ3) is 5.19. The number of rotatable bonds is 4. The van der Waals surface area contributed by atoms with Gasteiger partial charge in [0.05, 0.1) is 23.0 Å². The van der Waals surface area contributed by atoms with E-state index >= 15 is 0 Å². The number of hydrogen-bond donors (Lipinski definition) is 2. The van der Waals surface area contributed by atoms with Crippen LogP contribution in [0.25, 0.3) is 5.82 Å². The molecule has 1 aliphatic heterocycles. The van der Waals surface area contributed by atoms with Crippen LogP contribution in [-0.2, 0) is 6.18 Å². The highest BCUT2D eigenvalue weighted by atomic mass is 19.4. The van der Waals surface area contributed by atoms with Gasteiger partial charge < -0.3 is 15.5 Å². The number of piperidine rings is 1. The number of halogens is 3. The average molecular weight is 472 g/mol. The molecule has 0 radical (unpaired) electrons. The molecule has 178 valence electrons. The van der Waals surface area contributed by atoms with Crippen LogP contribution in [0.2, 0.25) is 0 Å². The number of para-hydroxylation sites is 1. The smallest absolute Gasteiger partial charge is 0.338 e. The van der Waals surface area contributed by atoms with Crippen LogP contribution >= 0.6 is 0 Å². The minimum Gasteiger partial charge on any atom is -0.338 e. The molecule has 3 amide bonds. The van der Waals surface area contributed by atoms with Gasteiger partial charge in [-0.1, -0.05) is 18.2 Å². The van der Waals surface area contributed by atoms with E-state index in [0.29, 0.717) is 42.9 Å². The number of nitrogens with one attached hydrogen (secondary N) is 2. The maximum Gasteiger partial charge on any atom is 0.417 e. The number of urea groups is 1. The van der Waals surface area contributed by atoms with E-state index in [0.717, 1.165) is 12.3 Å². The van der Waals surface area contributed by atoms with Gasteiger partial charge in [-0.05, 0) is 44.0 Å². The fourth-order valence-electron chi connectivity index (χ4n) is 3.80. The topological polar surface area (TPSA) is 92.2 Å². The number of benzene rings is 1. The highest BCUT2D eigenvalue weighted by Gasteiger charge is 2.31. The van der Waals surface area contributed by atoms with E-state index < -0.39 is 11.7 Å². The number of likely N-dealkylation sites (tertiary alicyclic amines) is 1. The number of hydrogen-bond acceptors (Lipinski definition) is 4. The first-order valence-electron chi connectivity index (χ1n) is 10.7. The number of carbonyl (C=O) groups is 2. The van der Waals surface area contributed by atoms with E-state index in [1.165, 1.54) is 16.9 Å². The summed E-state index contributed by atoms with van der Waals surface area (Å²) in [5.41, 5.74) is 0.684. The lowest BCUT2D eigenvalue weighted by Gasteiger charge is -2.32. The lowest BCUT2D eigenvalue weighted by atomic mass is 10.0. The molecule has 4 rings (SSSR count). The summed E-state index contributed by atoms with van der Waals surface area (Å²) >= 11 is 0. The van der Waals surface area contributed by atoms with Crippen molar-refractivity contribution in [1.82, 2.24) is 25.0 Å². The minimum absolute atomic E-state index is 0.0621. The maximum absolute atomic E-state index is 13.0. The molecule has 0 aliphatic carbocycles. The van der Waals surface area contributed by atoms with Gasteiger partial charge in [-0.3, -0.25) is 4.79 Å². The van der Waals surface area contributed by atoms with Gasteiger partial charge in [0, 0.05) is 31.0 Å². The zero-order chi connectivity index (χ0) is 24.3. The largest absolute Gasteiger partial charge is 0.417 e. The Bertz CT molecular complexity index is 1150. The van der Waals surface area contributed by atoms with Crippen LogP contribution in [0.3, 0.4) is 0 Å². The summed E-state index contributed by atoms with van der Waals surface area (Å²) in [5.74, 6) is -0.0280. The molecule has 0 saturated carbocycles. The van der Waals surface area contributed by atoms with Crippen LogP contribution in [0.5, 0.6) is 0 Å². The Labute approximate surface area is 193 Å². The summed E-state index contributed by atoms with van der Waals surface area (Å²) in [6.07, 6.45) is -1.14. The molecule has 0 spiro atoms. The SMILES string of the molecule is Cc1c(C(=O)N2CCC(NC(=O)Nc3ccccc3)CC2)cnn1-c1ccc(C(F)(F)F)cn1. The zero-order valence-electron chi connectivity index (χ0n) is 18.3. The van der Waals surface area contributed by atoms with E-state index in [2.05, 4.69) is 20.7 Å². The number of carbonyl (C=O) groups excluding carboxylic acids is 2. The van der Waals surface area contributed by atoms with E-state index in [9.17, 15) is 22.8 Å². The van der Waals surface area contributed by atoms with E-state index in [4.69, 9.17) is 0 Å². The van der Waals surface area contributed by atoms with Crippen molar-refractivity contribution < 1.29 is 22.8 Å². The second-order valence-corrected chi connectivity index (χ2v) is 7.99. The van der Waals surface area contributed by atoms with Crippen molar-refractivity contribution >= 4 is 17.6 Å². The molecule has 2 aromatic heterocycles. The van der Waals surface area contributed by atoms with Gasteiger partial charge in [0.2, 0.25) is 0 Å². The van der Waals surface area contributed by atoms with Gasteiger partial charge in [0.1, 0.15) is 0 Å². The Hall–Kier alpha value is -3.89. The number of aromatic nitrogens is 3. The first-order valence-corrected chi connectivity index (χ1v) is 10.7. The van der Waals surface area contributed by atoms with Crippen LogP contribution in [0, 0.1) is 6.92 Å². The summed E-state index contributed by atoms with van der Waals surface area (Å²) in [5, 5.41) is 9.85. The molecule has 8 nitrogen and oxygen atoms in total. The summed E-state index contributed by atoms with van der Waals surface area (Å²) in [4.78, 5) is 30.7. The average Bonchev–Trinajstić information content (AvgIpc) is 3.20. The molecule has 0 atom stereocenters. The van der Waals surface area contributed by atoms with E-state index in [1.54, 1.807) is 24.0 Å². The minimum atomic E-state index is -4.48. The second-order valence-electron chi connectivity index (χ2n) is 7.99. The van der Waals surface area contributed by atoms with Crippen LogP contribution in [-0.4, -0.2) is 50.7 Å². The predicted octanol–water partition coefficient (Wildman–Crippen LogP) is 4.02. The summed E-state index contributed by atoms with van der Waals surface area (Å²) in [6.45, 7) is 2.58. The number of amides is 3. The molecule has 1 fully saturated rings. The monoisotopic (exact) mass is 472 g/mol. The van der Waals surface area contributed by atoms with Gasteiger partial charge >= 0.3 is 12.2 Å². The lowest BCUT2D eigenvalue weighted by molar-refractivity contribution is -0.137. The number of anilines is 1. The number of nitrogens with zero attached hydrogens (tertiary/aromatic N) is 4. The number of alkyl halides is 3. The molecule has 0 bridgehead atoms. The summed E-state index contributed by atoms with van der Waals surface area (Å²) < 4.78 is 39.7. The Balaban J connectivity index is 1.34. The summed E-state index contributed by atoms with van der Waals surface area (Å²) in [7, 11) is 0. The van der Waals surface area contributed by atoms with Crippen LogP contribution in [0.1, 0.15) is 34.5 Å². The molecule has 3 aromatic rings. The first-order chi connectivity index (χ1) is 16.2. The van der Waals surface area contributed by atoms with Gasteiger partial charge in [-0.2, -0.15) is 18.3 Å². The van der Waals surface area contributed by atoms with Crippen molar-refractivity contribution in [1.29, 1.82) is 0 Å². The van der Waals surface area contributed by atoms with Gasteiger partial charge in [0.25, 0.3) is 5.91 Å². The molecular weight excluding hydrogens is 449 g/mol. The molecule has 1 aromatic carbocycles. The Morgan fingerprint density at radius 1 is 1.03 bits per heavy atom. The Morgan fingerprint density at radius 2 is 1.74 bits per heavy atom. The van der Waals surface area contributed by atoms with Crippen LogP contribution < -0.4 is 10.6 Å². The molecule has 1 aliphatic rings. The molecule has 11 heteroatoms. The van der Waals surface area contributed by atoms with Crippen molar-refractivity contribution in [2.75, 3.05) is 18.4 Å². The molecular formula is C23H23F3N6O2. The van der Waals surface area contributed by atoms with Crippen molar-refractivity contribution in [3.05, 3.63) is 71.7 Å². The highest BCUT2D eigenvalue weighted by Crippen LogP contribution is 2.29. The van der Waals surface area contributed by atoms with Gasteiger partial charge in [-0.25, -0.2) is 14.5 Å². The predicted molar refractivity (Wildman–Crippen MR) is 119 cm³/mol. The van der Waals surface area contributed by atoms with Crippen LogP contribution in [0.4, 0.5) is 23.7 Å². The molecule has 2 N–H and O–H groups in total. The number of pyridine rings is 1. The first kappa shape index (κ1) is 23.3. The second kappa shape index (κ2) is 9.54. The summed E-state index contributed by atoms with van der Waals surface area (Å²) in [6, 6.07) is 10.9. The zero-order valence-corrected chi connectivity index (χ0v) is 18.3. The molecule has 3 heterocycles. The highest BCUT2D eigenvalue weighted by molar-refractivity contribution is 5.95. The van der Waals surface area contributed by atoms with Crippen molar-refractivity contribution in [3.8, 4) is 5.82 Å².